The van der Waals surface area contributed by atoms with Crippen LogP contribution in [0.5, 0.6) is 0 Å². The molecule has 0 N–H and O–H groups in total. The van der Waals surface area contributed by atoms with Gasteiger partial charge in [0.1, 0.15) is 5.75 Å². The Kier molecular flexibility index (Phi) is 7.99. The van der Waals surface area contributed by atoms with Crippen molar-refractivity contribution in [2.45, 2.75) is 40.0 Å². The maximum absolute atomic E-state index is 11.6. The second kappa shape index (κ2) is 8.12. The van der Waals surface area contributed by atoms with E-state index in [-0.39, 0.29) is 5.24 Å². The zero-order valence-electron chi connectivity index (χ0n) is 9.41. The fourth-order valence-corrected chi connectivity index (χ4v) is 2.27. The molecule has 0 fully saturated rings. The lowest BCUT2D eigenvalue weighted by atomic mass is 10.4. The summed E-state index contributed by atoms with van der Waals surface area (Å²) in [5.74, 6) is 0.489. The highest BCUT2D eigenvalue weighted by Crippen LogP contribution is 2.05. The minimum absolute atomic E-state index is 0.185. The molecule has 0 saturated heterocycles. The van der Waals surface area contributed by atoms with Gasteiger partial charge in [-0.2, -0.15) is 0 Å². The van der Waals surface area contributed by atoms with Crippen molar-refractivity contribution in [2.75, 3.05) is 18.8 Å². The maximum Gasteiger partial charge on any atom is 0.429 e. The Morgan fingerprint density at radius 1 is 1.14 bits per heavy atom. The molecule has 1 unspecified atom stereocenters. The minimum Gasteiger partial charge on any atom is -0.608 e. The van der Waals surface area contributed by atoms with E-state index < -0.39 is 11.2 Å². The molecular weight excluding hydrogens is 198 g/mol. The molecule has 0 aromatic rings. The van der Waals surface area contributed by atoms with Crippen molar-refractivity contribution in [1.82, 2.24) is 4.90 Å². The molecule has 0 saturated carbocycles. The van der Waals surface area contributed by atoms with Gasteiger partial charge in [-0.05, 0) is 19.3 Å². The number of hydrogen-bond donors (Lipinski definition) is 0. The maximum atomic E-state index is 11.6. The monoisotopic (exact) mass is 219 g/mol. The van der Waals surface area contributed by atoms with Gasteiger partial charge in [0, 0.05) is 24.3 Å². The number of rotatable bonds is 6. The van der Waals surface area contributed by atoms with Gasteiger partial charge in [-0.25, -0.2) is 4.79 Å². The van der Waals surface area contributed by atoms with E-state index in [4.69, 9.17) is 0 Å². The first-order chi connectivity index (χ1) is 6.67. The van der Waals surface area contributed by atoms with Crippen molar-refractivity contribution in [3.63, 3.8) is 0 Å². The molecule has 0 heterocycles. The summed E-state index contributed by atoms with van der Waals surface area (Å²) in [4.78, 5) is 13.4. The quantitative estimate of drug-likeness (QED) is 0.644. The van der Waals surface area contributed by atoms with Crippen molar-refractivity contribution < 1.29 is 9.35 Å². The molecule has 0 aromatic carbocycles. The van der Waals surface area contributed by atoms with Crippen LogP contribution in [-0.4, -0.2) is 33.5 Å². The second-order valence-corrected chi connectivity index (χ2v) is 4.75. The van der Waals surface area contributed by atoms with Crippen LogP contribution in [0.2, 0.25) is 0 Å². The third kappa shape index (κ3) is 4.86. The number of carbonyl (C=O) groups excluding carboxylic acids is 1. The van der Waals surface area contributed by atoms with E-state index in [1.54, 1.807) is 4.90 Å². The third-order valence-electron chi connectivity index (χ3n) is 1.83. The van der Waals surface area contributed by atoms with E-state index in [2.05, 4.69) is 0 Å². The normalized spacial score (nSPS) is 12.6. The van der Waals surface area contributed by atoms with Gasteiger partial charge < -0.3 is 4.55 Å². The SMILES string of the molecule is CCCN(CCC)C(=O)[S+]([O-])CCC. The van der Waals surface area contributed by atoms with Crippen LogP contribution in [-0.2, 0) is 11.2 Å². The van der Waals surface area contributed by atoms with E-state index >= 15 is 0 Å². The van der Waals surface area contributed by atoms with Crippen LogP contribution in [0.25, 0.3) is 0 Å². The van der Waals surface area contributed by atoms with Gasteiger partial charge in [0.15, 0.2) is 0 Å². The van der Waals surface area contributed by atoms with Crippen molar-refractivity contribution in [1.29, 1.82) is 0 Å². The van der Waals surface area contributed by atoms with E-state index in [1.807, 2.05) is 20.8 Å². The van der Waals surface area contributed by atoms with Gasteiger partial charge in [0.2, 0.25) is 0 Å². The summed E-state index contributed by atoms with van der Waals surface area (Å²) >= 11 is -1.31. The Hall–Kier alpha value is -0.220. The third-order valence-corrected chi connectivity index (χ3v) is 3.26. The molecule has 84 valence electrons. The second-order valence-electron chi connectivity index (χ2n) is 3.30. The molecule has 14 heavy (non-hydrogen) atoms. The van der Waals surface area contributed by atoms with Crippen molar-refractivity contribution in [3.05, 3.63) is 0 Å². The molecule has 0 aliphatic heterocycles. The van der Waals surface area contributed by atoms with Crippen LogP contribution in [0.15, 0.2) is 0 Å². The molecule has 1 amide bonds. The smallest absolute Gasteiger partial charge is 0.429 e. The molecule has 0 spiro atoms. The summed E-state index contributed by atoms with van der Waals surface area (Å²) in [5, 5.41) is -0.185. The van der Waals surface area contributed by atoms with Crippen molar-refractivity contribution >= 4 is 16.4 Å². The van der Waals surface area contributed by atoms with Crippen LogP contribution in [0.4, 0.5) is 4.79 Å². The fourth-order valence-electron chi connectivity index (χ4n) is 1.25. The Morgan fingerprint density at radius 3 is 2.00 bits per heavy atom. The molecule has 0 bridgehead atoms. The number of nitrogens with zero attached hydrogens (tertiary/aromatic N) is 1. The van der Waals surface area contributed by atoms with E-state index in [9.17, 15) is 9.35 Å². The molecule has 0 rings (SSSR count). The number of hydrogen-bond acceptors (Lipinski definition) is 2. The Balaban J connectivity index is 4.11. The Bertz CT molecular complexity index is 158. The lowest BCUT2D eigenvalue weighted by Gasteiger charge is -2.21. The van der Waals surface area contributed by atoms with Gasteiger partial charge in [-0.15, -0.1) is 0 Å². The zero-order valence-corrected chi connectivity index (χ0v) is 10.2. The van der Waals surface area contributed by atoms with Crippen LogP contribution < -0.4 is 0 Å². The number of carbonyl (C=O) groups is 1. The highest BCUT2D eigenvalue weighted by atomic mass is 32.2. The number of amides is 1. The Labute approximate surface area is 90.0 Å². The summed E-state index contributed by atoms with van der Waals surface area (Å²) in [6, 6.07) is 0. The first kappa shape index (κ1) is 13.8. The zero-order chi connectivity index (χ0) is 11.0. The average molecular weight is 219 g/mol. The molecule has 0 aliphatic carbocycles. The summed E-state index contributed by atoms with van der Waals surface area (Å²) < 4.78 is 11.5. The summed E-state index contributed by atoms with van der Waals surface area (Å²) in [6.45, 7) is 7.44. The summed E-state index contributed by atoms with van der Waals surface area (Å²) in [6.07, 6.45) is 2.65. The first-order valence-electron chi connectivity index (χ1n) is 5.34. The molecule has 0 radical (unpaired) electrons. The topological polar surface area (TPSA) is 43.4 Å². The predicted molar refractivity (Wildman–Crippen MR) is 60.9 cm³/mol. The molecule has 0 aliphatic rings. The Morgan fingerprint density at radius 2 is 1.64 bits per heavy atom. The van der Waals surface area contributed by atoms with Gasteiger partial charge in [0.25, 0.3) is 0 Å². The van der Waals surface area contributed by atoms with Gasteiger partial charge in [-0.3, -0.25) is 4.90 Å². The van der Waals surface area contributed by atoms with Crippen molar-refractivity contribution in [2.24, 2.45) is 0 Å². The molecule has 0 aromatic heterocycles. The summed E-state index contributed by atoms with van der Waals surface area (Å²) in [7, 11) is 0. The van der Waals surface area contributed by atoms with Crippen LogP contribution >= 0.6 is 0 Å². The molecule has 3 nitrogen and oxygen atoms in total. The molecule has 1 atom stereocenters. The minimum atomic E-state index is -1.31. The molecule has 4 heteroatoms. The highest BCUT2D eigenvalue weighted by molar-refractivity contribution is 8.05. The summed E-state index contributed by atoms with van der Waals surface area (Å²) in [5.41, 5.74) is 0. The lowest BCUT2D eigenvalue weighted by molar-refractivity contribution is 0.220. The standard InChI is InChI=1S/C10H21NO2S/c1-4-7-11(8-5-2)10(12)14(13)9-6-3/h4-9H2,1-3H3. The lowest BCUT2D eigenvalue weighted by Crippen LogP contribution is -2.37. The van der Waals surface area contributed by atoms with Crippen molar-refractivity contribution in [3.8, 4) is 0 Å². The van der Waals surface area contributed by atoms with E-state index in [1.165, 1.54) is 0 Å². The molecular formula is C10H21NO2S. The van der Waals surface area contributed by atoms with Crippen LogP contribution in [0, 0.1) is 0 Å². The van der Waals surface area contributed by atoms with Gasteiger partial charge in [-0.1, -0.05) is 20.8 Å². The van der Waals surface area contributed by atoms with Gasteiger partial charge >= 0.3 is 5.24 Å². The van der Waals surface area contributed by atoms with Gasteiger partial charge in [0.05, 0.1) is 0 Å². The first-order valence-corrected chi connectivity index (χ1v) is 6.66. The van der Waals surface area contributed by atoms with E-state index in [0.717, 1.165) is 32.4 Å². The average Bonchev–Trinajstić information content (AvgIpc) is 2.17. The van der Waals surface area contributed by atoms with Crippen LogP contribution in [0.1, 0.15) is 40.0 Å². The van der Waals surface area contributed by atoms with E-state index in [0.29, 0.717) is 5.75 Å². The predicted octanol–water partition coefficient (Wildman–Crippen LogP) is 2.39. The highest BCUT2D eigenvalue weighted by Gasteiger charge is 2.24. The largest absolute Gasteiger partial charge is 0.608 e. The van der Waals surface area contributed by atoms with Crippen LogP contribution in [0.3, 0.4) is 0 Å². The fraction of sp³-hybridized carbons (Fsp3) is 0.900.